The highest BCUT2D eigenvalue weighted by molar-refractivity contribution is 9.10. The molecule has 1 aromatic carbocycles. The van der Waals surface area contributed by atoms with Crippen molar-refractivity contribution >= 4 is 45.1 Å². The first kappa shape index (κ1) is 14.0. The number of anilines is 3. The van der Waals surface area contributed by atoms with E-state index >= 15 is 0 Å². The average Bonchev–Trinajstić information content (AvgIpc) is 2.33. The van der Waals surface area contributed by atoms with E-state index in [9.17, 15) is 0 Å². The number of benzene rings is 1. The highest BCUT2D eigenvalue weighted by Gasteiger charge is 2.08. The maximum atomic E-state index is 5.85. The first-order valence-corrected chi connectivity index (χ1v) is 6.80. The maximum absolute atomic E-state index is 5.85. The molecule has 0 aliphatic rings. The van der Waals surface area contributed by atoms with Crippen molar-refractivity contribution in [2.24, 2.45) is 0 Å². The van der Waals surface area contributed by atoms with Gasteiger partial charge in [0.1, 0.15) is 0 Å². The number of rotatable bonds is 3. The minimum atomic E-state index is 0.147. The lowest BCUT2D eigenvalue weighted by molar-refractivity contribution is 1.05. The van der Waals surface area contributed by atoms with Crippen molar-refractivity contribution in [1.82, 2.24) is 15.0 Å². The second kappa shape index (κ2) is 5.71. The fourth-order valence-electron chi connectivity index (χ4n) is 1.74. The van der Waals surface area contributed by atoms with Crippen molar-refractivity contribution in [2.45, 2.75) is 13.8 Å². The first-order chi connectivity index (χ1) is 8.99. The number of aryl methyl sites for hydroxylation is 2. The molecule has 1 aromatic heterocycles. The van der Waals surface area contributed by atoms with Crippen LogP contribution in [0, 0.1) is 13.8 Å². The minimum Gasteiger partial charge on any atom is -0.357 e. The summed E-state index contributed by atoms with van der Waals surface area (Å²) in [7, 11) is 1.73. The van der Waals surface area contributed by atoms with E-state index in [2.05, 4.69) is 41.5 Å². The van der Waals surface area contributed by atoms with Gasteiger partial charge in [0.05, 0.1) is 0 Å². The van der Waals surface area contributed by atoms with E-state index in [1.807, 2.05) is 26.0 Å². The van der Waals surface area contributed by atoms with Gasteiger partial charge in [0.15, 0.2) is 0 Å². The SMILES string of the molecule is CNc1nc(Cl)nc(Nc2c(C)cc(Br)cc2C)n1. The molecule has 5 nitrogen and oxygen atoms in total. The molecule has 0 bridgehead atoms. The Kier molecular flexibility index (Phi) is 4.21. The number of nitrogens with one attached hydrogen (secondary N) is 2. The summed E-state index contributed by atoms with van der Waals surface area (Å²) in [5.74, 6) is 0.841. The molecular weight excluding hydrogens is 330 g/mol. The van der Waals surface area contributed by atoms with Crippen LogP contribution in [0.4, 0.5) is 17.6 Å². The Balaban J connectivity index is 2.39. The van der Waals surface area contributed by atoms with E-state index in [1.54, 1.807) is 7.05 Å². The number of hydrogen-bond donors (Lipinski definition) is 2. The summed E-state index contributed by atoms with van der Waals surface area (Å²) in [6.07, 6.45) is 0. The zero-order chi connectivity index (χ0) is 14.0. The third-order valence-electron chi connectivity index (χ3n) is 2.57. The highest BCUT2D eigenvalue weighted by atomic mass is 79.9. The molecule has 0 fully saturated rings. The Hall–Kier alpha value is -1.40. The Morgan fingerprint density at radius 1 is 1.05 bits per heavy atom. The Morgan fingerprint density at radius 3 is 2.21 bits per heavy atom. The molecular formula is C12H13BrClN5. The Labute approximate surface area is 125 Å². The van der Waals surface area contributed by atoms with Gasteiger partial charge in [-0.3, -0.25) is 0 Å². The second-order valence-corrected chi connectivity index (χ2v) is 5.29. The Morgan fingerprint density at radius 2 is 1.63 bits per heavy atom. The quantitative estimate of drug-likeness (QED) is 0.890. The summed E-state index contributed by atoms with van der Waals surface area (Å²) in [6.45, 7) is 4.03. The van der Waals surface area contributed by atoms with Crippen LogP contribution in [-0.4, -0.2) is 22.0 Å². The van der Waals surface area contributed by atoms with Crippen molar-refractivity contribution in [1.29, 1.82) is 0 Å². The summed E-state index contributed by atoms with van der Waals surface area (Å²) in [5.41, 5.74) is 3.15. The molecule has 7 heteroatoms. The van der Waals surface area contributed by atoms with E-state index in [0.29, 0.717) is 11.9 Å². The summed E-state index contributed by atoms with van der Waals surface area (Å²) in [6, 6.07) is 4.05. The van der Waals surface area contributed by atoms with Crippen molar-refractivity contribution in [2.75, 3.05) is 17.7 Å². The molecule has 0 aliphatic heterocycles. The molecule has 2 aromatic rings. The lowest BCUT2D eigenvalue weighted by Crippen LogP contribution is -2.05. The van der Waals surface area contributed by atoms with Gasteiger partial charge in [-0.2, -0.15) is 15.0 Å². The van der Waals surface area contributed by atoms with Gasteiger partial charge < -0.3 is 10.6 Å². The predicted octanol–water partition coefficient (Wildman–Crippen LogP) is 3.69. The van der Waals surface area contributed by atoms with Crippen LogP contribution in [0.5, 0.6) is 0 Å². The summed E-state index contributed by atoms with van der Waals surface area (Å²) in [5, 5.41) is 6.16. The van der Waals surface area contributed by atoms with Crippen LogP contribution in [0.15, 0.2) is 16.6 Å². The third kappa shape index (κ3) is 3.33. The van der Waals surface area contributed by atoms with E-state index in [4.69, 9.17) is 11.6 Å². The van der Waals surface area contributed by atoms with Crippen molar-refractivity contribution in [3.05, 3.63) is 33.0 Å². The largest absolute Gasteiger partial charge is 0.357 e. The minimum absolute atomic E-state index is 0.147. The monoisotopic (exact) mass is 341 g/mol. The molecule has 0 saturated carbocycles. The van der Waals surface area contributed by atoms with Gasteiger partial charge in [-0.05, 0) is 48.7 Å². The first-order valence-electron chi connectivity index (χ1n) is 5.62. The topological polar surface area (TPSA) is 62.7 Å². The van der Waals surface area contributed by atoms with Crippen LogP contribution in [0.3, 0.4) is 0 Å². The van der Waals surface area contributed by atoms with Gasteiger partial charge in [0.25, 0.3) is 0 Å². The van der Waals surface area contributed by atoms with Crippen LogP contribution >= 0.6 is 27.5 Å². The van der Waals surface area contributed by atoms with Crippen LogP contribution < -0.4 is 10.6 Å². The van der Waals surface area contributed by atoms with E-state index in [0.717, 1.165) is 21.3 Å². The standard InChI is InChI=1S/C12H13BrClN5/c1-6-4-8(13)5-7(2)9(6)16-12-18-10(14)17-11(15-3)19-12/h4-5H,1-3H3,(H2,15,16,17,18,19). The molecule has 0 radical (unpaired) electrons. The van der Waals surface area contributed by atoms with Crippen LogP contribution in [0.1, 0.15) is 11.1 Å². The van der Waals surface area contributed by atoms with Crippen molar-refractivity contribution in [3.63, 3.8) is 0 Å². The van der Waals surface area contributed by atoms with Gasteiger partial charge in [0, 0.05) is 17.2 Å². The maximum Gasteiger partial charge on any atom is 0.233 e. The Bertz CT molecular complexity index is 594. The van der Waals surface area contributed by atoms with Crippen LogP contribution in [0.25, 0.3) is 0 Å². The molecule has 2 N–H and O–H groups in total. The molecule has 0 atom stereocenters. The van der Waals surface area contributed by atoms with Crippen molar-refractivity contribution in [3.8, 4) is 0 Å². The molecule has 0 aliphatic carbocycles. The second-order valence-electron chi connectivity index (χ2n) is 4.04. The van der Waals surface area contributed by atoms with E-state index < -0.39 is 0 Å². The van der Waals surface area contributed by atoms with Gasteiger partial charge in [0.2, 0.25) is 17.2 Å². The molecule has 0 saturated heterocycles. The van der Waals surface area contributed by atoms with Crippen LogP contribution in [-0.2, 0) is 0 Å². The summed E-state index contributed by atoms with van der Waals surface area (Å²) in [4.78, 5) is 12.2. The molecule has 100 valence electrons. The van der Waals surface area contributed by atoms with Crippen LogP contribution in [0.2, 0.25) is 5.28 Å². The molecule has 2 rings (SSSR count). The molecule has 0 unspecified atom stereocenters. The fourth-order valence-corrected chi connectivity index (χ4v) is 2.58. The van der Waals surface area contributed by atoms with Crippen molar-refractivity contribution < 1.29 is 0 Å². The molecule has 0 amide bonds. The zero-order valence-electron chi connectivity index (χ0n) is 10.8. The summed E-state index contributed by atoms with van der Waals surface area (Å²) >= 11 is 9.32. The molecule has 0 spiro atoms. The third-order valence-corrected chi connectivity index (χ3v) is 3.19. The summed E-state index contributed by atoms with van der Waals surface area (Å²) < 4.78 is 1.04. The lowest BCUT2D eigenvalue weighted by atomic mass is 10.1. The normalized spacial score (nSPS) is 10.4. The number of hydrogen-bond acceptors (Lipinski definition) is 5. The highest BCUT2D eigenvalue weighted by Crippen LogP contribution is 2.27. The predicted molar refractivity (Wildman–Crippen MR) is 81.3 cm³/mol. The number of nitrogens with zero attached hydrogens (tertiary/aromatic N) is 3. The average molecular weight is 343 g/mol. The van der Waals surface area contributed by atoms with Gasteiger partial charge in [-0.15, -0.1) is 0 Å². The van der Waals surface area contributed by atoms with Gasteiger partial charge in [-0.1, -0.05) is 15.9 Å². The smallest absolute Gasteiger partial charge is 0.233 e. The van der Waals surface area contributed by atoms with Gasteiger partial charge in [-0.25, -0.2) is 0 Å². The van der Waals surface area contributed by atoms with Gasteiger partial charge >= 0.3 is 0 Å². The number of halogens is 2. The van der Waals surface area contributed by atoms with E-state index in [1.165, 1.54) is 0 Å². The number of aromatic nitrogens is 3. The molecule has 1 heterocycles. The lowest BCUT2D eigenvalue weighted by Gasteiger charge is -2.12. The fraction of sp³-hybridized carbons (Fsp3) is 0.250. The zero-order valence-corrected chi connectivity index (χ0v) is 13.1. The molecule has 19 heavy (non-hydrogen) atoms. The van der Waals surface area contributed by atoms with E-state index in [-0.39, 0.29) is 5.28 Å².